The highest BCUT2D eigenvalue weighted by Gasteiger charge is 2.08. The number of nitrogen functional groups attached to an aromatic ring is 1. The first-order valence-corrected chi connectivity index (χ1v) is 6.52. The molecule has 0 aliphatic rings. The maximum Gasteiger partial charge on any atom is 0.269 e. The van der Waals surface area contributed by atoms with Crippen LogP contribution in [0.25, 0.3) is 0 Å². The van der Waals surface area contributed by atoms with Crippen LogP contribution in [0.15, 0.2) is 18.2 Å². The van der Waals surface area contributed by atoms with Crippen molar-refractivity contribution in [3.05, 3.63) is 23.9 Å². The Labute approximate surface area is 100 Å². The Morgan fingerprint density at radius 3 is 3.00 bits per heavy atom. The molecular formula is C11H17N3OS. The fourth-order valence-corrected chi connectivity index (χ4v) is 1.97. The molecule has 16 heavy (non-hydrogen) atoms. The van der Waals surface area contributed by atoms with Crippen LogP contribution >= 0.6 is 11.8 Å². The summed E-state index contributed by atoms with van der Waals surface area (Å²) in [5.74, 6) is 1.69. The second-order valence-electron chi connectivity index (χ2n) is 3.72. The Balaban J connectivity index is 2.47. The van der Waals surface area contributed by atoms with Crippen LogP contribution in [-0.2, 0) is 0 Å². The lowest BCUT2D eigenvalue weighted by atomic mass is 10.2. The number of hydrogen-bond acceptors (Lipinski definition) is 4. The van der Waals surface area contributed by atoms with Gasteiger partial charge in [-0.3, -0.25) is 4.79 Å². The maximum absolute atomic E-state index is 11.7. The van der Waals surface area contributed by atoms with Crippen molar-refractivity contribution in [3.8, 4) is 0 Å². The molecular weight excluding hydrogens is 222 g/mol. The number of nitrogens with one attached hydrogen (secondary N) is 1. The van der Waals surface area contributed by atoms with Crippen molar-refractivity contribution in [2.75, 3.05) is 24.3 Å². The summed E-state index contributed by atoms with van der Waals surface area (Å²) in [6.45, 7) is 2.76. The molecule has 1 heterocycles. The van der Waals surface area contributed by atoms with Crippen molar-refractivity contribution in [1.82, 2.24) is 10.3 Å². The number of carbonyl (C=O) groups excluding carboxylic acids is 1. The Morgan fingerprint density at radius 2 is 2.38 bits per heavy atom. The van der Waals surface area contributed by atoms with E-state index in [1.54, 1.807) is 30.0 Å². The molecule has 0 spiro atoms. The fraction of sp³-hybridized carbons (Fsp3) is 0.455. The third-order valence-electron chi connectivity index (χ3n) is 2.07. The Bertz CT molecular complexity index is 357. The summed E-state index contributed by atoms with van der Waals surface area (Å²) < 4.78 is 0. The number of pyridine rings is 1. The van der Waals surface area contributed by atoms with E-state index in [-0.39, 0.29) is 5.91 Å². The van der Waals surface area contributed by atoms with E-state index in [4.69, 9.17) is 5.73 Å². The van der Waals surface area contributed by atoms with Crippen molar-refractivity contribution >= 4 is 23.5 Å². The molecule has 0 saturated heterocycles. The van der Waals surface area contributed by atoms with Crippen molar-refractivity contribution < 1.29 is 4.79 Å². The number of nitrogens with two attached hydrogens (primary N) is 1. The second kappa shape index (κ2) is 6.37. The Hall–Kier alpha value is -1.23. The highest BCUT2D eigenvalue weighted by molar-refractivity contribution is 7.98. The van der Waals surface area contributed by atoms with Gasteiger partial charge in [-0.2, -0.15) is 11.8 Å². The van der Waals surface area contributed by atoms with Gasteiger partial charge in [0.1, 0.15) is 11.5 Å². The van der Waals surface area contributed by atoms with Crippen LogP contribution in [0, 0.1) is 5.92 Å². The predicted molar refractivity (Wildman–Crippen MR) is 68.5 cm³/mol. The Kier molecular flexibility index (Phi) is 5.11. The number of amides is 1. The van der Waals surface area contributed by atoms with Gasteiger partial charge in [-0.1, -0.05) is 13.0 Å². The summed E-state index contributed by atoms with van der Waals surface area (Å²) in [6.07, 6.45) is 2.05. The number of thioether (sulfide) groups is 1. The molecule has 0 bridgehead atoms. The number of nitrogens with zero attached hydrogens (tertiary/aromatic N) is 1. The van der Waals surface area contributed by atoms with Crippen LogP contribution in [0.1, 0.15) is 17.4 Å². The molecule has 0 saturated carbocycles. The average Bonchev–Trinajstić information content (AvgIpc) is 2.26. The van der Waals surface area contributed by atoms with E-state index in [9.17, 15) is 4.79 Å². The van der Waals surface area contributed by atoms with Gasteiger partial charge >= 0.3 is 0 Å². The van der Waals surface area contributed by atoms with Gasteiger partial charge < -0.3 is 11.1 Å². The first-order chi connectivity index (χ1) is 7.63. The normalized spacial score (nSPS) is 12.1. The molecule has 0 fully saturated rings. The van der Waals surface area contributed by atoms with E-state index in [0.717, 1.165) is 5.75 Å². The van der Waals surface area contributed by atoms with E-state index in [1.165, 1.54) is 0 Å². The summed E-state index contributed by atoms with van der Waals surface area (Å²) in [6, 6.07) is 5.04. The van der Waals surface area contributed by atoms with E-state index in [0.29, 0.717) is 24.0 Å². The van der Waals surface area contributed by atoms with Gasteiger partial charge in [0, 0.05) is 6.54 Å². The smallest absolute Gasteiger partial charge is 0.269 e. The van der Waals surface area contributed by atoms with Crippen LogP contribution in [-0.4, -0.2) is 29.4 Å². The van der Waals surface area contributed by atoms with Crippen molar-refractivity contribution in [2.45, 2.75) is 6.92 Å². The van der Waals surface area contributed by atoms with Crippen molar-refractivity contribution in [1.29, 1.82) is 0 Å². The van der Waals surface area contributed by atoms with E-state index in [1.807, 2.05) is 0 Å². The van der Waals surface area contributed by atoms with Gasteiger partial charge in [-0.05, 0) is 30.1 Å². The van der Waals surface area contributed by atoms with E-state index < -0.39 is 0 Å². The molecule has 1 rings (SSSR count). The van der Waals surface area contributed by atoms with Crippen LogP contribution < -0.4 is 11.1 Å². The molecule has 3 N–H and O–H groups in total. The highest BCUT2D eigenvalue weighted by atomic mass is 32.2. The molecule has 1 aromatic heterocycles. The summed E-state index contributed by atoms with van der Waals surface area (Å²) >= 11 is 1.77. The lowest BCUT2D eigenvalue weighted by molar-refractivity contribution is 0.0944. The molecule has 0 radical (unpaired) electrons. The van der Waals surface area contributed by atoms with Crippen LogP contribution in [0.2, 0.25) is 0 Å². The summed E-state index contributed by atoms with van der Waals surface area (Å²) in [5, 5.41) is 2.84. The van der Waals surface area contributed by atoms with Crippen molar-refractivity contribution in [3.63, 3.8) is 0 Å². The van der Waals surface area contributed by atoms with Crippen LogP contribution in [0.5, 0.6) is 0 Å². The quantitative estimate of drug-likeness (QED) is 0.815. The number of rotatable bonds is 5. The lowest BCUT2D eigenvalue weighted by Gasteiger charge is -2.10. The predicted octanol–water partition coefficient (Wildman–Crippen LogP) is 1.39. The largest absolute Gasteiger partial charge is 0.384 e. The fourth-order valence-electron chi connectivity index (χ4n) is 1.28. The first-order valence-electron chi connectivity index (χ1n) is 5.13. The molecule has 88 valence electrons. The number of aromatic nitrogens is 1. The molecule has 0 aliphatic carbocycles. The second-order valence-corrected chi connectivity index (χ2v) is 4.63. The molecule has 1 atom stereocenters. The zero-order chi connectivity index (χ0) is 12.0. The standard InChI is InChI=1S/C11H17N3OS/c1-8(7-16-2)6-13-11(15)9-4-3-5-10(12)14-9/h3-5,8H,6-7H2,1-2H3,(H2,12,14)(H,13,15). The summed E-state index contributed by atoms with van der Waals surface area (Å²) in [7, 11) is 0. The minimum Gasteiger partial charge on any atom is -0.384 e. The van der Waals surface area contributed by atoms with Gasteiger partial charge in [0.05, 0.1) is 0 Å². The Morgan fingerprint density at radius 1 is 1.62 bits per heavy atom. The van der Waals surface area contributed by atoms with Gasteiger partial charge in [0.25, 0.3) is 5.91 Å². The third kappa shape index (κ3) is 4.10. The van der Waals surface area contributed by atoms with Gasteiger partial charge in [-0.15, -0.1) is 0 Å². The summed E-state index contributed by atoms with van der Waals surface area (Å²) in [4.78, 5) is 15.6. The zero-order valence-corrected chi connectivity index (χ0v) is 10.4. The first kappa shape index (κ1) is 12.8. The number of anilines is 1. The maximum atomic E-state index is 11.7. The third-order valence-corrected chi connectivity index (χ3v) is 2.97. The molecule has 0 aliphatic heterocycles. The molecule has 0 aromatic carbocycles. The number of carbonyl (C=O) groups is 1. The zero-order valence-electron chi connectivity index (χ0n) is 9.56. The SMILES string of the molecule is CSCC(C)CNC(=O)c1cccc(N)n1. The monoisotopic (exact) mass is 239 g/mol. The highest BCUT2D eigenvalue weighted by Crippen LogP contribution is 2.04. The average molecular weight is 239 g/mol. The molecule has 1 unspecified atom stereocenters. The minimum absolute atomic E-state index is 0.166. The summed E-state index contributed by atoms with van der Waals surface area (Å²) in [5.41, 5.74) is 5.88. The number of hydrogen-bond donors (Lipinski definition) is 2. The van der Waals surface area contributed by atoms with Crippen molar-refractivity contribution in [2.24, 2.45) is 5.92 Å². The van der Waals surface area contributed by atoms with E-state index in [2.05, 4.69) is 23.5 Å². The molecule has 1 aromatic rings. The van der Waals surface area contributed by atoms with Crippen LogP contribution in [0.3, 0.4) is 0 Å². The van der Waals surface area contributed by atoms with Gasteiger partial charge in [-0.25, -0.2) is 4.98 Å². The van der Waals surface area contributed by atoms with E-state index >= 15 is 0 Å². The van der Waals surface area contributed by atoms with Gasteiger partial charge in [0.2, 0.25) is 0 Å². The minimum atomic E-state index is -0.166. The molecule has 4 nitrogen and oxygen atoms in total. The van der Waals surface area contributed by atoms with Crippen LogP contribution in [0.4, 0.5) is 5.82 Å². The molecule has 1 amide bonds. The topological polar surface area (TPSA) is 68.0 Å². The van der Waals surface area contributed by atoms with Gasteiger partial charge in [0.15, 0.2) is 0 Å². The lowest BCUT2D eigenvalue weighted by Crippen LogP contribution is -2.29. The molecule has 5 heteroatoms.